The maximum Gasteiger partial charge on any atom is 0.253 e. The fraction of sp³-hybridized carbons (Fsp3) is 0.364. The first-order valence-electron chi connectivity index (χ1n) is 10.2. The number of amides is 2. The Labute approximate surface area is 180 Å². The third kappa shape index (κ3) is 4.95. The molecule has 0 spiro atoms. The number of rotatable bonds is 6. The largest absolute Gasteiger partial charge is 0.368 e. The van der Waals surface area contributed by atoms with E-state index in [1.54, 1.807) is 24.3 Å². The summed E-state index contributed by atoms with van der Waals surface area (Å²) in [7, 11) is -3.86. The Bertz CT molecular complexity index is 993. The molecule has 2 N–H and O–H groups in total. The van der Waals surface area contributed by atoms with Crippen molar-refractivity contribution in [3.63, 3.8) is 0 Å². The average Bonchev–Trinajstić information content (AvgIpc) is 3.48. The molecule has 0 bridgehead atoms. The summed E-state index contributed by atoms with van der Waals surface area (Å²) in [6.07, 6.45) is 1.93. The molecule has 0 aliphatic carbocycles. The zero-order chi connectivity index (χ0) is 21.8. The van der Waals surface area contributed by atoms with Gasteiger partial charge in [0.1, 0.15) is 12.2 Å². The Kier molecular flexibility index (Phi) is 6.35. The highest BCUT2D eigenvalue weighted by Crippen LogP contribution is 2.26. The van der Waals surface area contributed by atoms with Crippen molar-refractivity contribution in [2.24, 2.45) is 0 Å². The van der Waals surface area contributed by atoms with Crippen LogP contribution in [0.3, 0.4) is 0 Å². The fourth-order valence-corrected chi connectivity index (χ4v) is 4.98. The Morgan fingerprint density at radius 1 is 0.774 bits per heavy atom. The molecule has 2 aromatic carbocycles. The number of carbonyl (C=O) groups is 2. The summed E-state index contributed by atoms with van der Waals surface area (Å²) in [5.41, 5.74) is 0.758. The Morgan fingerprint density at radius 3 is 1.61 bits per heavy atom. The van der Waals surface area contributed by atoms with E-state index in [-0.39, 0.29) is 21.6 Å². The lowest BCUT2D eigenvalue weighted by Gasteiger charge is -2.13. The lowest BCUT2D eigenvalue weighted by molar-refractivity contribution is -0.125. The van der Waals surface area contributed by atoms with Crippen molar-refractivity contribution in [1.29, 1.82) is 0 Å². The quantitative estimate of drug-likeness (QED) is 0.709. The van der Waals surface area contributed by atoms with Gasteiger partial charge < -0.3 is 20.1 Å². The van der Waals surface area contributed by atoms with E-state index in [2.05, 4.69) is 10.6 Å². The summed E-state index contributed by atoms with van der Waals surface area (Å²) in [6, 6.07) is 12.2. The first-order valence-corrected chi connectivity index (χ1v) is 11.7. The lowest BCUT2D eigenvalue weighted by atomic mass is 10.2. The Balaban J connectivity index is 1.51. The van der Waals surface area contributed by atoms with Crippen LogP contribution in [0.15, 0.2) is 58.3 Å². The molecule has 0 saturated carbocycles. The Hall–Kier alpha value is -2.75. The van der Waals surface area contributed by atoms with Gasteiger partial charge in [0, 0.05) is 24.6 Å². The summed E-state index contributed by atoms with van der Waals surface area (Å²) in [5, 5.41) is 5.43. The first kappa shape index (κ1) is 21.5. The number of benzene rings is 2. The molecule has 4 rings (SSSR count). The van der Waals surface area contributed by atoms with E-state index in [9.17, 15) is 18.0 Å². The van der Waals surface area contributed by atoms with Gasteiger partial charge in [-0.2, -0.15) is 0 Å². The minimum absolute atomic E-state index is 0.0419. The minimum atomic E-state index is -3.86. The summed E-state index contributed by atoms with van der Waals surface area (Å²) < 4.78 is 37.0. The molecule has 31 heavy (non-hydrogen) atoms. The molecular weight excluding hydrogens is 420 g/mol. The highest BCUT2D eigenvalue weighted by atomic mass is 32.2. The number of carbonyl (C=O) groups excluding carboxylic acids is 2. The van der Waals surface area contributed by atoms with Crippen molar-refractivity contribution in [1.82, 2.24) is 0 Å². The second-order valence-corrected chi connectivity index (χ2v) is 9.49. The molecule has 2 aliphatic rings. The number of hydrogen-bond acceptors (Lipinski definition) is 6. The van der Waals surface area contributed by atoms with Crippen molar-refractivity contribution in [3.05, 3.63) is 48.5 Å². The molecule has 8 nitrogen and oxygen atoms in total. The summed E-state index contributed by atoms with van der Waals surface area (Å²) >= 11 is 0. The van der Waals surface area contributed by atoms with E-state index in [1.165, 1.54) is 24.3 Å². The topological polar surface area (TPSA) is 111 Å². The predicted molar refractivity (Wildman–Crippen MR) is 114 cm³/mol. The van der Waals surface area contributed by atoms with Crippen LogP contribution in [-0.2, 0) is 28.9 Å². The second kappa shape index (κ2) is 9.17. The highest BCUT2D eigenvalue weighted by Gasteiger charge is 2.26. The number of anilines is 2. The van der Waals surface area contributed by atoms with Gasteiger partial charge in [0.05, 0.1) is 9.79 Å². The smallest absolute Gasteiger partial charge is 0.253 e. The van der Waals surface area contributed by atoms with Gasteiger partial charge in [-0.1, -0.05) is 12.1 Å². The summed E-state index contributed by atoms with van der Waals surface area (Å²) in [6.45, 7) is 1.10. The number of hydrogen-bond donors (Lipinski definition) is 2. The van der Waals surface area contributed by atoms with E-state index in [1.807, 2.05) is 0 Å². The van der Waals surface area contributed by atoms with Gasteiger partial charge in [-0.25, -0.2) is 8.42 Å². The number of sulfone groups is 1. The molecule has 0 aromatic heterocycles. The van der Waals surface area contributed by atoms with Gasteiger partial charge >= 0.3 is 0 Å². The van der Waals surface area contributed by atoms with Gasteiger partial charge in [-0.05, 0) is 62.1 Å². The van der Waals surface area contributed by atoms with Crippen LogP contribution in [0, 0.1) is 0 Å². The summed E-state index contributed by atoms with van der Waals surface area (Å²) in [4.78, 5) is 24.6. The molecule has 2 aliphatic heterocycles. The van der Waals surface area contributed by atoms with E-state index < -0.39 is 22.0 Å². The van der Waals surface area contributed by atoms with Gasteiger partial charge in [0.2, 0.25) is 9.84 Å². The van der Waals surface area contributed by atoms with Crippen molar-refractivity contribution >= 4 is 33.0 Å². The standard InChI is InChI=1S/C22H24N2O6S/c25-21(19-9-3-11-29-19)23-15-5-1-7-17(13-15)31(27,28)18-8-2-6-16(14-18)24-22(26)20-10-4-12-30-20/h1-2,5-8,13-14,19-20H,3-4,9-12H2,(H,23,25)(H,24,26). The molecule has 2 saturated heterocycles. The van der Waals surface area contributed by atoms with Crippen LogP contribution in [0.4, 0.5) is 11.4 Å². The van der Waals surface area contributed by atoms with Crippen LogP contribution >= 0.6 is 0 Å². The number of ether oxygens (including phenoxy) is 2. The lowest BCUT2D eigenvalue weighted by Crippen LogP contribution is -2.27. The van der Waals surface area contributed by atoms with E-state index in [0.717, 1.165) is 12.8 Å². The van der Waals surface area contributed by atoms with Crippen LogP contribution in [0.5, 0.6) is 0 Å². The zero-order valence-corrected chi connectivity index (χ0v) is 17.7. The van der Waals surface area contributed by atoms with Crippen LogP contribution in [-0.4, -0.2) is 45.7 Å². The maximum atomic E-state index is 13.1. The van der Waals surface area contributed by atoms with Gasteiger partial charge in [-0.3, -0.25) is 9.59 Å². The molecule has 2 atom stereocenters. The third-order valence-electron chi connectivity index (χ3n) is 5.27. The van der Waals surface area contributed by atoms with Gasteiger partial charge in [0.15, 0.2) is 0 Å². The molecule has 2 heterocycles. The van der Waals surface area contributed by atoms with Crippen LogP contribution < -0.4 is 10.6 Å². The minimum Gasteiger partial charge on any atom is -0.368 e. The average molecular weight is 445 g/mol. The molecule has 2 unspecified atom stereocenters. The normalized spacial score (nSPS) is 21.0. The molecule has 2 fully saturated rings. The van der Waals surface area contributed by atoms with Crippen LogP contribution in [0.25, 0.3) is 0 Å². The SMILES string of the molecule is O=C(Nc1cccc(S(=O)(=O)c2cccc(NC(=O)C3CCCO3)c2)c1)C1CCCO1. The van der Waals surface area contributed by atoms with Crippen molar-refractivity contribution in [3.8, 4) is 0 Å². The highest BCUT2D eigenvalue weighted by molar-refractivity contribution is 7.91. The first-order chi connectivity index (χ1) is 14.9. The zero-order valence-electron chi connectivity index (χ0n) is 16.9. The second-order valence-electron chi connectivity index (χ2n) is 7.54. The number of nitrogens with one attached hydrogen (secondary N) is 2. The van der Waals surface area contributed by atoms with E-state index >= 15 is 0 Å². The van der Waals surface area contributed by atoms with Crippen molar-refractivity contribution < 1.29 is 27.5 Å². The molecule has 2 amide bonds. The Morgan fingerprint density at radius 2 is 1.23 bits per heavy atom. The third-order valence-corrected chi connectivity index (χ3v) is 7.02. The molecule has 9 heteroatoms. The van der Waals surface area contributed by atoms with E-state index in [0.29, 0.717) is 37.4 Å². The van der Waals surface area contributed by atoms with Crippen LogP contribution in [0.2, 0.25) is 0 Å². The van der Waals surface area contributed by atoms with Crippen molar-refractivity contribution in [2.75, 3.05) is 23.8 Å². The maximum absolute atomic E-state index is 13.1. The van der Waals surface area contributed by atoms with Crippen molar-refractivity contribution in [2.45, 2.75) is 47.7 Å². The van der Waals surface area contributed by atoms with E-state index in [4.69, 9.17) is 9.47 Å². The molecule has 2 aromatic rings. The van der Waals surface area contributed by atoms with Gasteiger partial charge in [-0.15, -0.1) is 0 Å². The monoisotopic (exact) mass is 444 g/mol. The van der Waals surface area contributed by atoms with Gasteiger partial charge in [0.25, 0.3) is 11.8 Å². The molecule has 0 radical (unpaired) electrons. The fourth-order valence-electron chi connectivity index (χ4n) is 3.63. The predicted octanol–water partition coefficient (Wildman–Crippen LogP) is 2.75. The molecule has 164 valence electrons. The van der Waals surface area contributed by atoms with Crippen LogP contribution in [0.1, 0.15) is 25.7 Å². The summed E-state index contributed by atoms with van der Waals surface area (Å²) in [5.74, 6) is -0.572. The molecular formula is C22H24N2O6S.